The van der Waals surface area contributed by atoms with Crippen LogP contribution in [-0.2, 0) is 0 Å². The van der Waals surface area contributed by atoms with Crippen LogP contribution in [0.1, 0.15) is 23.2 Å². The quantitative estimate of drug-likeness (QED) is 0.704. The fourth-order valence-corrected chi connectivity index (χ4v) is 2.77. The summed E-state index contributed by atoms with van der Waals surface area (Å²) in [4.78, 5) is 14.2. The number of carbonyl (C=O) groups excluding carboxylic acids is 1. The summed E-state index contributed by atoms with van der Waals surface area (Å²) in [6.45, 7) is 1.67. The van der Waals surface area contributed by atoms with Crippen molar-refractivity contribution in [2.24, 2.45) is 0 Å². The number of hydrogen-bond donors (Lipinski definition) is 2. The smallest absolute Gasteiger partial charge is 0.253 e. The Morgan fingerprint density at radius 2 is 1.76 bits per heavy atom. The van der Waals surface area contributed by atoms with Gasteiger partial charge in [-0.2, -0.15) is 0 Å². The maximum Gasteiger partial charge on any atom is 0.253 e. The number of nitrogens with one attached hydrogen (secondary N) is 1. The maximum atomic E-state index is 12.3. The average Bonchev–Trinajstić information content (AvgIpc) is 2.68. The van der Waals surface area contributed by atoms with Crippen LogP contribution in [0, 0.1) is 0 Å². The number of nitrogen functional groups attached to an aromatic ring is 1. The van der Waals surface area contributed by atoms with E-state index in [9.17, 15) is 4.79 Å². The van der Waals surface area contributed by atoms with Gasteiger partial charge in [0.05, 0.1) is 0 Å². The molecule has 2 fully saturated rings. The molecule has 2 aliphatic rings. The highest BCUT2D eigenvalue weighted by Gasteiger charge is 2.34. The fourth-order valence-electron chi connectivity index (χ4n) is 2.77. The third-order valence-corrected chi connectivity index (χ3v) is 3.66. The Balaban J connectivity index is 1.76. The Bertz CT molecular complexity index is 417. The summed E-state index contributed by atoms with van der Waals surface area (Å²) in [5, 5.41) is 3.52. The predicted octanol–water partition coefficient (Wildman–Crippen LogP) is 0.845. The number of benzene rings is 1. The van der Waals surface area contributed by atoms with Gasteiger partial charge < -0.3 is 16.0 Å². The molecule has 0 spiro atoms. The van der Waals surface area contributed by atoms with Crippen molar-refractivity contribution in [1.82, 2.24) is 10.2 Å². The van der Waals surface area contributed by atoms with Crippen LogP contribution in [0.3, 0.4) is 0 Å². The zero-order chi connectivity index (χ0) is 11.8. The normalized spacial score (nSPS) is 27.2. The number of carbonyl (C=O) groups is 1. The van der Waals surface area contributed by atoms with Crippen molar-refractivity contribution in [2.45, 2.75) is 24.9 Å². The number of nitrogens with zero attached hydrogens (tertiary/aromatic N) is 1. The van der Waals surface area contributed by atoms with E-state index in [1.165, 1.54) is 12.8 Å². The van der Waals surface area contributed by atoms with Gasteiger partial charge in [0.2, 0.25) is 0 Å². The molecule has 2 saturated heterocycles. The molecule has 0 saturated carbocycles. The second kappa shape index (κ2) is 4.04. The zero-order valence-electron chi connectivity index (χ0n) is 9.73. The molecule has 2 atom stereocenters. The van der Waals surface area contributed by atoms with Crippen molar-refractivity contribution in [2.75, 3.05) is 18.8 Å². The van der Waals surface area contributed by atoms with Crippen LogP contribution in [0.5, 0.6) is 0 Å². The molecule has 0 radical (unpaired) electrons. The summed E-state index contributed by atoms with van der Waals surface area (Å²) in [6.07, 6.45) is 2.38. The van der Waals surface area contributed by atoms with Crippen molar-refractivity contribution in [3.63, 3.8) is 0 Å². The van der Waals surface area contributed by atoms with Gasteiger partial charge in [0.1, 0.15) is 0 Å². The third-order valence-electron chi connectivity index (χ3n) is 3.66. The lowest BCUT2D eigenvalue weighted by Crippen LogP contribution is -2.53. The van der Waals surface area contributed by atoms with E-state index in [1.54, 1.807) is 12.1 Å². The van der Waals surface area contributed by atoms with Gasteiger partial charge in [0.15, 0.2) is 0 Å². The number of piperazine rings is 1. The summed E-state index contributed by atoms with van der Waals surface area (Å²) in [6, 6.07) is 8.16. The number of likely N-dealkylation sites (tertiary alicyclic amines) is 1. The van der Waals surface area contributed by atoms with Crippen molar-refractivity contribution in [1.29, 1.82) is 0 Å². The Morgan fingerprint density at radius 3 is 2.35 bits per heavy atom. The Kier molecular flexibility index (Phi) is 2.52. The van der Waals surface area contributed by atoms with Crippen LogP contribution in [0.15, 0.2) is 24.3 Å². The largest absolute Gasteiger partial charge is 0.399 e. The minimum absolute atomic E-state index is 0.128. The van der Waals surface area contributed by atoms with Crippen LogP contribution in [0.4, 0.5) is 5.69 Å². The van der Waals surface area contributed by atoms with E-state index in [0.717, 1.165) is 18.7 Å². The van der Waals surface area contributed by atoms with Crippen LogP contribution in [-0.4, -0.2) is 36.0 Å². The molecular formula is C13H17N3O. The van der Waals surface area contributed by atoms with Crippen molar-refractivity contribution < 1.29 is 4.79 Å². The first-order chi connectivity index (χ1) is 8.22. The molecule has 90 valence electrons. The lowest BCUT2D eigenvalue weighted by Gasteiger charge is -2.32. The number of hydrogen-bond acceptors (Lipinski definition) is 3. The molecule has 3 rings (SSSR count). The average molecular weight is 231 g/mol. The number of amides is 1. The molecule has 2 bridgehead atoms. The minimum atomic E-state index is 0.128. The van der Waals surface area contributed by atoms with Crippen LogP contribution >= 0.6 is 0 Å². The van der Waals surface area contributed by atoms with Gasteiger partial charge in [-0.05, 0) is 37.1 Å². The van der Waals surface area contributed by atoms with Crippen LogP contribution < -0.4 is 11.1 Å². The maximum absolute atomic E-state index is 12.3. The summed E-state index contributed by atoms with van der Waals surface area (Å²) >= 11 is 0. The van der Waals surface area contributed by atoms with E-state index in [0.29, 0.717) is 17.8 Å². The molecule has 1 amide bonds. The van der Waals surface area contributed by atoms with Gasteiger partial charge in [-0.25, -0.2) is 0 Å². The molecule has 1 aromatic carbocycles. The number of fused-ring (bicyclic) bond motifs is 2. The highest BCUT2D eigenvalue weighted by Crippen LogP contribution is 2.21. The molecule has 0 aliphatic carbocycles. The first-order valence-corrected chi connectivity index (χ1v) is 6.13. The highest BCUT2D eigenvalue weighted by molar-refractivity contribution is 5.94. The monoisotopic (exact) mass is 231 g/mol. The first-order valence-electron chi connectivity index (χ1n) is 6.13. The first kappa shape index (κ1) is 10.6. The SMILES string of the molecule is Nc1ccc(C(=O)N2C[C@H]3CC[C@@H](C2)N3)cc1. The van der Waals surface area contributed by atoms with E-state index in [1.807, 2.05) is 17.0 Å². The highest BCUT2D eigenvalue weighted by atomic mass is 16.2. The summed E-state index contributed by atoms with van der Waals surface area (Å²) in [7, 11) is 0. The van der Waals surface area contributed by atoms with E-state index in [4.69, 9.17) is 5.73 Å². The lowest BCUT2D eigenvalue weighted by molar-refractivity contribution is 0.0697. The molecule has 1 aromatic rings. The molecule has 2 heterocycles. The topological polar surface area (TPSA) is 58.4 Å². The molecule has 2 aliphatic heterocycles. The van der Waals surface area contributed by atoms with Crippen molar-refractivity contribution >= 4 is 11.6 Å². The second-order valence-corrected chi connectivity index (χ2v) is 4.97. The third kappa shape index (κ3) is 2.00. The molecule has 17 heavy (non-hydrogen) atoms. The Labute approximate surface area is 101 Å². The standard InChI is InChI=1S/C13H17N3O/c14-10-3-1-9(2-4-10)13(17)16-7-11-5-6-12(8-16)15-11/h1-4,11-12,15H,5-8,14H2/t11-,12+. The molecule has 4 heteroatoms. The summed E-state index contributed by atoms with van der Waals surface area (Å²) in [5.41, 5.74) is 7.06. The molecule has 0 unspecified atom stereocenters. The van der Waals surface area contributed by atoms with E-state index in [2.05, 4.69) is 5.32 Å². The van der Waals surface area contributed by atoms with E-state index < -0.39 is 0 Å². The molecule has 3 N–H and O–H groups in total. The van der Waals surface area contributed by atoms with Gasteiger partial charge in [0.25, 0.3) is 5.91 Å². The van der Waals surface area contributed by atoms with Crippen LogP contribution in [0.2, 0.25) is 0 Å². The number of nitrogens with two attached hydrogens (primary N) is 1. The molecular weight excluding hydrogens is 214 g/mol. The fraction of sp³-hybridized carbons (Fsp3) is 0.462. The number of anilines is 1. The number of rotatable bonds is 1. The van der Waals surface area contributed by atoms with E-state index >= 15 is 0 Å². The molecule has 4 nitrogen and oxygen atoms in total. The zero-order valence-corrected chi connectivity index (χ0v) is 9.73. The van der Waals surface area contributed by atoms with Crippen molar-refractivity contribution in [3.8, 4) is 0 Å². The Morgan fingerprint density at radius 1 is 1.18 bits per heavy atom. The van der Waals surface area contributed by atoms with Gasteiger partial charge in [-0.1, -0.05) is 0 Å². The minimum Gasteiger partial charge on any atom is -0.399 e. The molecule has 0 aromatic heterocycles. The van der Waals surface area contributed by atoms with E-state index in [-0.39, 0.29) is 5.91 Å². The van der Waals surface area contributed by atoms with Gasteiger partial charge in [0, 0.05) is 36.4 Å². The van der Waals surface area contributed by atoms with Gasteiger partial charge in [-0.3, -0.25) is 4.79 Å². The lowest BCUT2D eigenvalue weighted by atomic mass is 10.1. The van der Waals surface area contributed by atoms with Gasteiger partial charge in [-0.15, -0.1) is 0 Å². The van der Waals surface area contributed by atoms with Gasteiger partial charge >= 0.3 is 0 Å². The Hall–Kier alpha value is -1.55. The second-order valence-electron chi connectivity index (χ2n) is 4.97. The predicted molar refractivity (Wildman–Crippen MR) is 66.7 cm³/mol. The van der Waals surface area contributed by atoms with Crippen molar-refractivity contribution in [3.05, 3.63) is 29.8 Å². The summed E-state index contributed by atoms with van der Waals surface area (Å²) < 4.78 is 0. The van der Waals surface area contributed by atoms with Crippen LogP contribution in [0.25, 0.3) is 0 Å². The summed E-state index contributed by atoms with van der Waals surface area (Å²) in [5.74, 6) is 0.128.